The third kappa shape index (κ3) is 4.53. The van der Waals surface area contributed by atoms with Gasteiger partial charge in [0.15, 0.2) is 16.6 Å². The zero-order valence-corrected chi connectivity index (χ0v) is 18.6. The zero-order valence-electron chi connectivity index (χ0n) is 16.9. The number of thiazole rings is 1. The van der Waals surface area contributed by atoms with E-state index in [1.807, 2.05) is 10.8 Å². The van der Waals surface area contributed by atoms with Crippen molar-refractivity contribution >= 4 is 45.0 Å². The number of halogens is 2. The lowest BCUT2D eigenvalue weighted by atomic mass is 10.1. The number of anilines is 1. The number of amides is 1. The molecular weight excluding hydrogens is 455 g/mol. The summed E-state index contributed by atoms with van der Waals surface area (Å²) < 4.78 is 27.5. The quantitative estimate of drug-likeness (QED) is 0.409. The summed E-state index contributed by atoms with van der Waals surface area (Å²) in [5.41, 5.74) is 1.15. The van der Waals surface area contributed by atoms with Crippen LogP contribution in [0.25, 0.3) is 10.2 Å². The smallest absolute Gasteiger partial charge is 0.260 e. The second-order valence-electron chi connectivity index (χ2n) is 7.08. The standard InChI is InChI=1S/C22H19FN4O3S.ClH/c23-16-3-4-17-20(13-16)31-22(25-17)27(8-1-7-26-9-6-24-14-26)21(28)15-2-5-18-19(12-15)30-11-10-29-18;/h2-6,9,12-14H,1,7-8,10-11H2;1H. The highest BCUT2D eigenvalue weighted by atomic mass is 35.5. The Hall–Kier alpha value is -3.17. The summed E-state index contributed by atoms with van der Waals surface area (Å²) in [5, 5.41) is 0.533. The van der Waals surface area contributed by atoms with Gasteiger partial charge in [-0.15, -0.1) is 12.4 Å². The summed E-state index contributed by atoms with van der Waals surface area (Å²) in [5.74, 6) is 0.668. The minimum absolute atomic E-state index is 0. The first-order valence-corrected chi connectivity index (χ1v) is 10.7. The molecule has 10 heteroatoms. The number of fused-ring (bicyclic) bond motifs is 2. The van der Waals surface area contributed by atoms with Crippen LogP contribution in [0, 0.1) is 5.82 Å². The van der Waals surface area contributed by atoms with E-state index in [1.54, 1.807) is 41.7 Å². The summed E-state index contributed by atoms with van der Waals surface area (Å²) in [7, 11) is 0. The molecule has 4 aromatic rings. The number of carbonyl (C=O) groups excluding carboxylic acids is 1. The van der Waals surface area contributed by atoms with E-state index >= 15 is 0 Å². The molecule has 1 amide bonds. The van der Waals surface area contributed by atoms with Gasteiger partial charge in [0, 0.05) is 31.0 Å². The first-order valence-electron chi connectivity index (χ1n) is 9.91. The van der Waals surface area contributed by atoms with E-state index in [1.165, 1.54) is 23.5 Å². The fourth-order valence-corrected chi connectivity index (χ4v) is 4.46. The van der Waals surface area contributed by atoms with Crippen LogP contribution in [-0.2, 0) is 6.54 Å². The van der Waals surface area contributed by atoms with Gasteiger partial charge in [0.05, 0.1) is 16.5 Å². The molecule has 1 aliphatic rings. The van der Waals surface area contributed by atoms with Crippen molar-refractivity contribution in [3.63, 3.8) is 0 Å². The van der Waals surface area contributed by atoms with Crippen LogP contribution < -0.4 is 14.4 Å². The molecular formula is C22H20ClFN4O3S. The summed E-state index contributed by atoms with van der Waals surface area (Å²) in [4.78, 5) is 23.7. The number of ether oxygens (including phenoxy) is 2. The zero-order chi connectivity index (χ0) is 21.2. The fourth-order valence-electron chi connectivity index (χ4n) is 3.45. The van der Waals surface area contributed by atoms with Crippen LogP contribution >= 0.6 is 23.7 Å². The highest BCUT2D eigenvalue weighted by Crippen LogP contribution is 2.33. The van der Waals surface area contributed by atoms with Crippen molar-refractivity contribution in [2.24, 2.45) is 0 Å². The van der Waals surface area contributed by atoms with E-state index < -0.39 is 0 Å². The second kappa shape index (κ2) is 9.54. The third-order valence-corrected chi connectivity index (χ3v) is 6.00. The Bertz CT molecular complexity index is 1230. The SMILES string of the molecule is Cl.O=C(c1ccc2c(c1)OCCO2)N(CCCn1ccnc1)c1nc2ccc(F)cc2s1. The molecule has 0 atom stereocenters. The predicted molar refractivity (Wildman–Crippen MR) is 123 cm³/mol. The van der Waals surface area contributed by atoms with Crippen LogP contribution in [0.2, 0.25) is 0 Å². The number of hydrogen-bond donors (Lipinski definition) is 0. The number of rotatable bonds is 6. The van der Waals surface area contributed by atoms with Gasteiger partial charge in [-0.05, 0) is 42.8 Å². The molecule has 2 aromatic carbocycles. The molecule has 0 unspecified atom stereocenters. The van der Waals surface area contributed by atoms with Gasteiger partial charge in [0.1, 0.15) is 19.0 Å². The minimum Gasteiger partial charge on any atom is -0.486 e. The molecule has 32 heavy (non-hydrogen) atoms. The summed E-state index contributed by atoms with van der Waals surface area (Å²) >= 11 is 1.30. The first-order chi connectivity index (χ1) is 15.2. The van der Waals surface area contributed by atoms with Crippen LogP contribution in [0.5, 0.6) is 11.5 Å². The molecule has 3 heterocycles. The monoisotopic (exact) mass is 474 g/mol. The Morgan fingerprint density at radius 1 is 1.16 bits per heavy atom. The van der Waals surface area contributed by atoms with Crippen molar-refractivity contribution in [2.75, 3.05) is 24.7 Å². The number of hydrogen-bond acceptors (Lipinski definition) is 6. The molecule has 0 aliphatic carbocycles. The maximum Gasteiger partial charge on any atom is 0.260 e. The average Bonchev–Trinajstić information content (AvgIpc) is 3.45. The van der Waals surface area contributed by atoms with Crippen molar-refractivity contribution in [2.45, 2.75) is 13.0 Å². The van der Waals surface area contributed by atoms with Crippen molar-refractivity contribution in [3.8, 4) is 11.5 Å². The van der Waals surface area contributed by atoms with Crippen LogP contribution in [-0.4, -0.2) is 40.2 Å². The molecule has 2 aromatic heterocycles. The van der Waals surface area contributed by atoms with Crippen LogP contribution in [0.3, 0.4) is 0 Å². The lowest BCUT2D eigenvalue weighted by Gasteiger charge is -2.22. The average molecular weight is 475 g/mol. The van der Waals surface area contributed by atoms with Gasteiger partial charge in [0.25, 0.3) is 5.91 Å². The molecule has 0 spiro atoms. The van der Waals surface area contributed by atoms with Crippen molar-refractivity contribution in [1.29, 1.82) is 0 Å². The lowest BCUT2D eigenvalue weighted by Crippen LogP contribution is -2.32. The van der Waals surface area contributed by atoms with Gasteiger partial charge in [-0.2, -0.15) is 0 Å². The Labute approximate surface area is 193 Å². The van der Waals surface area contributed by atoms with Gasteiger partial charge >= 0.3 is 0 Å². The van der Waals surface area contributed by atoms with Gasteiger partial charge in [0.2, 0.25) is 0 Å². The van der Waals surface area contributed by atoms with E-state index in [9.17, 15) is 9.18 Å². The largest absolute Gasteiger partial charge is 0.486 e. The molecule has 0 radical (unpaired) electrons. The molecule has 5 rings (SSSR count). The van der Waals surface area contributed by atoms with E-state index in [0.717, 1.165) is 0 Å². The normalized spacial score (nSPS) is 12.4. The maximum atomic E-state index is 13.7. The Kier molecular flexibility index (Phi) is 6.57. The van der Waals surface area contributed by atoms with E-state index in [0.29, 0.717) is 65.1 Å². The second-order valence-corrected chi connectivity index (χ2v) is 8.09. The van der Waals surface area contributed by atoms with Gasteiger partial charge in [-0.3, -0.25) is 9.69 Å². The predicted octanol–water partition coefficient (Wildman–Crippen LogP) is 4.56. The summed E-state index contributed by atoms with van der Waals surface area (Å²) in [6, 6.07) is 9.62. The molecule has 166 valence electrons. The molecule has 7 nitrogen and oxygen atoms in total. The van der Waals surface area contributed by atoms with Gasteiger partial charge in [-0.25, -0.2) is 14.4 Å². The number of benzene rings is 2. The highest BCUT2D eigenvalue weighted by Gasteiger charge is 2.23. The number of carbonyl (C=O) groups is 1. The van der Waals surface area contributed by atoms with Crippen LogP contribution in [0.1, 0.15) is 16.8 Å². The number of nitrogens with zero attached hydrogens (tertiary/aromatic N) is 4. The maximum absolute atomic E-state index is 13.7. The number of imidazole rings is 1. The van der Waals surface area contributed by atoms with E-state index in [-0.39, 0.29) is 24.1 Å². The third-order valence-electron chi connectivity index (χ3n) is 4.96. The summed E-state index contributed by atoms with van der Waals surface area (Å²) in [6.45, 7) is 2.10. The molecule has 1 aliphatic heterocycles. The Morgan fingerprint density at radius 3 is 2.81 bits per heavy atom. The van der Waals surface area contributed by atoms with Gasteiger partial charge < -0.3 is 14.0 Å². The van der Waals surface area contributed by atoms with Crippen molar-refractivity contribution in [1.82, 2.24) is 14.5 Å². The van der Waals surface area contributed by atoms with E-state index in [2.05, 4.69) is 9.97 Å². The Morgan fingerprint density at radius 2 is 2.00 bits per heavy atom. The molecule has 0 fully saturated rings. The molecule has 0 saturated heterocycles. The van der Waals surface area contributed by atoms with Gasteiger partial charge in [-0.1, -0.05) is 11.3 Å². The number of aryl methyl sites for hydroxylation is 1. The summed E-state index contributed by atoms with van der Waals surface area (Å²) in [6.07, 6.45) is 6.05. The fraction of sp³-hybridized carbons (Fsp3) is 0.227. The van der Waals surface area contributed by atoms with Crippen LogP contribution in [0.15, 0.2) is 55.1 Å². The van der Waals surface area contributed by atoms with Crippen molar-refractivity contribution < 1.29 is 18.7 Å². The first kappa shape index (κ1) is 22.0. The van der Waals surface area contributed by atoms with Crippen LogP contribution in [0.4, 0.5) is 9.52 Å². The Balaban J connectivity index is 0.00000245. The van der Waals surface area contributed by atoms with Crippen molar-refractivity contribution in [3.05, 3.63) is 66.5 Å². The lowest BCUT2D eigenvalue weighted by molar-refractivity contribution is 0.0985. The molecule has 0 N–H and O–H groups in total. The topological polar surface area (TPSA) is 69.5 Å². The number of aromatic nitrogens is 3. The molecule has 0 saturated carbocycles. The van der Waals surface area contributed by atoms with E-state index in [4.69, 9.17) is 9.47 Å². The highest BCUT2D eigenvalue weighted by molar-refractivity contribution is 7.22. The molecule has 0 bridgehead atoms. The minimum atomic E-state index is -0.326.